The molecule has 0 saturated heterocycles. The predicted octanol–water partition coefficient (Wildman–Crippen LogP) is 5.13. The van der Waals surface area contributed by atoms with E-state index in [1.54, 1.807) is 0 Å². The van der Waals surface area contributed by atoms with E-state index in [1.165, 1.54) is 5.56 Å². The third-order valence-corrected chi connectivity index (χ3v) is 5.50. The molecule has 0 spiro atoms. The van der Waals surface area contributed by atoms with Crippen LogP contribution in [0.4, 0.5) is 0 Å². The van der Waals surface area contributed by atoms with Crippen LogP contribution < -0.4 is 15.4 Å². The van der Waals surface area contributed by atoms with E-state index in [2.05, 4.69) is 36.6 Å². The van der Waals surface area contributed by atoms with Crippen LogP contribution in [0, 0.1) is 0 Å². The van der Waals surface area contributed by atoms with Crippen LogP contribution in [-0.4, -0.2) is 10.9 Å². The fourth-order valence-electron chi connectivity index (χ4n) is 3.74. The number of Topliss-reactive ketones (excluding diaryl/α,β-unsaturated/α-hetero) is 1. The molecule has 1 aliphatic carbocycles. The summed E-state index contributed by atoms with van der Waals surface area (Å²) < 4.78 is 5.97. The number of ketones is 1. The van der Waals surface area contributed by atoms with Gasteiger partial charge in [0.05, 0.1) is 6.04 Å². The predicted molar refractivity (Wildman–Crippen MR) is 115 cm³/mol. The highest BCUT2D eigenvalue weighted by atomic mass is 32.1. The molecule has 1 heterocycles. The van der Waals surface area contributed by atoms with Crippen molar-refractivity contribution >= 4 is 23.1 Å². The first-order valence-electron chi connectivity index (χ1n) is 9.73. The zero-order valence-corrected chi connectivity index (χ0v) is 16.9. The van der Waals surface area contributed by atoms with Crippen molar-refractivity contribution < 1.29 is 9.53 Å². The Bertz CT molecular complexity index is 930. The lowest BCUT2D eigenvalue weighted by Gasteiger charge is -2.33. The average Bonchev–Trinajstić information content (AvgIpc) is 2.68. The van der Waals surface area contributed by atoms with E-state index in [1.807, 2.05) is 36.4 Å². The summed E-state index contributed by atoms with van der Waals surface area (Å²) in [6, 6.07) is 15.8. The highest BCUT2D eigenvalue weighted by Crippen LogP contribution is 2.34. The molecule has 2 N–H and O–H groups in total. The number of carbonyl (C=O) groups excluding carboxylic acids is 1. The summed E-state index contributed by atoms with van der Waals surface area (Å²) >= 11 is 5.34. The molecule has 4 nitrogen and oxygen atoms in total. The number of hydrogen-bond acceptors (Lipinski definition) is 3. The van der Waals surface area contributed by atoms with E-state index >= 15 is 0 Å². The minimum atomic E-state index is -0.198. The number of carbonyl (C=O) groups is 1. The highest BCUT2D eigenvalue weighted by molar-refractivity contribution is 7.80. The van der Waals surface area contributed by atoms with Crippen molar-refractivity contribution in [2.24, 2.45) is 0 Å². The zero-order chi connectivity index (χ0) is 19.7. The highest BCUT2D eigenvalue weighted by Gasteiger charge is 2.33. The van der Waals surface area contributed by atoms with E-state index in [-0.39, 0.29) is 11.8 Å². The largest absolute Gasteiger partial charge is 0.457 e. The molecule has 0 amide bonds. The summed E-state index contributed by atoms with van der Waals surface area (Å²) in [7, 11) is 0. The minimum Gasteiger partial charge on any atom is -0.457 e. The van der Waals surface area contributed by atoms with Crippen molar-refractivity contribution in [1.29, 1.82) is 0 Å². The maximum absolute atomic E-state index is 12.5. The van der Waals surface area contributed by atoms with Crippen molar-refractivity contribution in [3.8, 4) is 11.5 Å². The Labute approximate surface area is 171 Å². The molecule has 2 aromatic carbocycles. The summed E-state index contributed by atoms with van der Waals surface area (Å²) in [6.45, 7) is 4.35. The Morgan fingerprint density at radius 2 is 1.64 bits per heavy atom. The normalized spacial score (nSPS) is 19.2. The van der Waals surface area contributed by atoms with Gasteiger partial charge in [-0.3, -0.25) is 4.79 Å². The fourth-order valence-corrected chi connectivity index (χ4v) is 3.98. The standard InChI is InChI=1S/C23H24N2O2S/c1-14(2)15-6-10-17(11-7-15)27-18-12-8-16(9-13-18)22-21-19(24-23(28)25-22)4-3-5-20(21)26/h6-14,22H,3-5H2,1-2H3,(H2,24,25,28). The zero-order valence-electron chi connectivity index (χ0n) is 16.1. The van der Waals surface area contributed by atoms with Gasteiger partial charge >= 0.3 is 0 Å². The molecule has 0 saturated carbocycles. The second kappa shape index (κ2) is 7.76. The van der Waals surface area contributed by atoms with Gasteiger partial charge in [-0.1, -0.05) is 38.1 Å². The van der Waals surface area contributed by atoms with Crippen molar-refractivity contribution in [2.45, 2.75) is 45.1 Å². The van der Waals surface area contributed by atoms with Gasteiger partial charge in [0.2, 0.25) is 0 Å². The second-order valence-corrected chi connectivity index (χ2v) is 8.00. The van der Waals surface area contributed by atoms with E-state index in [4.69, 9.17) is 17.0 Å². The molecule has 1 unspecified atom stereocenters. The smallest absolute Gasteiger partial charge is 0.171 e. The molecule has 28 heavy (non-hydrogen) atoms. The fraction of sp³-hybridized carbons (Fsp3) is 0.304. The first kappa shape index (κ1) is 18.7. The van der Waals surface area contributed by atoms with Crippen molar-refractivity contribution in [3.63, 3.8) is 0 Å². The molecular formula is C23H24N2O2S. The lowest BCUT2D eigenvalue weighted by Crippen LogP contribution is -2.46. The van der Waals surface area contributed by atoms with Crippen molar-refractivity contribution in [2.75, 3.05) is 0 Å². The molecular weight excluding hydrogens is 368 g/mol. The summed E-state index contributed by atoms with van der Waals surface area (Å²) in [5.41, 5.74) is 4.08. The van der Waals surface area contributed by atoms with Crippen LogP contribution in [-0.2, 0) is 4.79 Å². The first-order valence-corrected chi connectivity index (χ1v) is 10.1. The maximum atomic E-state index is 12.5. The molecule has 2 aromatic rings. The van der Waals surface area contributed by atoms with Crippen LogP contribution in [0.3, 0.4) is 0 Å². The lowest BCUT2D eigenvalue weighted by atomic mass is 9.85. The number of nitrogens with one attached hydrogen (secondary N) is 2. The van der Waals surface area contributed by atoms with E-state index < -0.39 is 0 Å². The number of hydrogen-bond donors (Lipinski definition) is 2. The third kappa shape index (κ3) is 3.80. The summed E-state index contributed by atoms with van der Waals surface area (Å²) in [5, 5.41) is 6.98. The molecule has 0 bridgehead atoms. The van der Waals surface area contributed by atoms with Crippen LogP contribution in [0.15, 0.2) is 59.8 Å². The van der Waals surface area contributed by atoms with Crippen LogP contribution in [0.2, 0.25) is 0 Å². The van der Waals surface area contributed by atoms with Crippen LogP contribution >= 0.6 is 12.2 Å². The van der Waals surface area contributed by atoms with Crippen LogP contribution in [0.5, 0.6) is 11.5 Å². The average molecular weight is 393 g/mol. The SMILES string of the molecule is CC(C)c1ccc(Oc2ccc(C3NC(=S)NC4=C3C(=O)CCC4)cc2)cc1. The minimum absolute atomic E-state index is 0.194. The van der Waals surface area contributed by atoms with Gasteiger partial charge in [-0.15, -0.1) is 0 Å². The van der Waals surface area contributed by atoms with E-state index in [0.717, 1.165) is 41.2 Å². The van der Waals surface area contributed by atoms with Gasteiger partial charge in [0, 0.05) is 17.7 Å². The molecule has 1 atom stereocenters. The molecule has 144 valence electrons. The van der Waals surface area contributed by atoms with E-state index in [9.17, 15) is 4.79 Å². The van der Waals surface area contributed by atoms with Gasteiger partial charge in [-0.25, -0.2) is 0 Å². The molecule has 0 fully saturated rings. The van der Waals surface area contributed by atoms with Gasteiger partial charge in [0.25, 0.3) is 0 Å². The van der Waals surface area contributed by atoms with Crippen LogP contribution in [0.1, 0.15) is 56.2 Å². The number of ether oxygens (including phenoxy) is 1. The van der Waals surface area contributed by atoms with Crippen molar-refractivity contribution in [3.05, 3.63) is 70.9 Å². The van der Waals surface area contributed by atoms with Crippen molar-refractivity contribution in [1.82, 2.24) is 10.6 Å². The van der Waals surface area contributed by atoms with Crippen LogP contribution in [0.25, 0.3) is 0 Å². The van der Waals surface area contributed by atoms with Gasteiger partial charge < -0.3 is 15.4 Å². The molecule has 0 aromatic heterocycles. The Balaban J connectivity index is 1.54. The summed E-state index contributed by atoms with van der Waals surface area (Å²) in [5.74, 6) is 2.27. The molecule has 5 heteroatoms. The summed E-state index contributed by atoms with van der Waals surface area (Å²) in [4.78, 5) is 12.5. The molecule has 1 aliphatic heterocycles. The number of rotatable bonds is 4. The van der Waals surface area contributed by atoms with Gasteiger partial charge in [-0.05, 0) is 66.4 Å². The lowest BCUT2D eigenvalue weighted by molar-refractivity contribution is -0.116. The molecule has 2 aliphatic rings. The van der Waals surface area contributed by atoms with Gasteiger partial charge in [0.15, 0.2) is 10.9 Å². The number of benzene rings is 2. The molecule has 4 rings (SSSR count). The number of thiocarbonyl (C=S) groups is 1. The Morgan fingerprint density at radius 1 is 1.00 bits per heavy atom. The quantitative estimate of drug-likeness (QED) is 0.707. The Hall–Kier alpha value is -2.66. The third-order valence-electron chi connectivity index (χ3n) is 5.28. The Morgan fingerprint density at radius 3 is 2.29 bits per heavy atom. The maximum Gasteiger partial charge on any atom is 0.171 e. The second-order valence-electron chi connectivity index (χ2n) is 7.60. The molecule has 0 radical (unpaired) electrons. The monoisotopic (exact) mass is 392 g/mol. The number of allylic oxidation sites excluding steroid dienone is 1. The van der Waals surface area contributed by atoms with Gasteiger partial charge in [0.1, 0.15) is 11.5 Å². The summed E-state index contributed by atoms with van der Waals surface area (Å²) in [6.07, 6.45) is 2.34. The Kier molecular flexibility index (Phi) is 5.18. The van der Waals surface area contributed by atoms with E-state index in [0.29, 0.717) is 17.5 Å². The van der Waals surface area contributed by atoms with Gasteiger partial charge in [-0.2, -0.15) is 0 Å². The first-order chi connectivity index (χ1) is 13.5. The topological polar surface area (TPSA) is 50.4 Å².